The molecule has 0 aliphatic carbocycles. The number of urea groups is 1. The van der Waals surface area contributed by atoms with Gasteiger partial charge >= 0.3 is 19.9 Å². The Morgan fingerprint density at radius 1 is 1.18 bits per heavy atom. The van der Waals surface area contributed by atoms with Crippen molar-refractivity contribution < 1.29 is 37.6 Å². The number of anilines is 1. The van der Waals surface area contributed by atoms with Crippen LogP contribution < -0.4 is 10.6 Å². The van der Waals surface area contributed by atoms with Gasteiger partial charge in [-0.2, -0.15) is 0 Å². The number of halogens is 2. The number of carbonyl (C=O) groups is 2. The van der Waals surface area contributed by atoms with E-state index in [0.717, 1.165) is 10.8 Å². The number of ether oxygens (including phenoxy) is 1. The first-order chi connectivity index (χ1) is 18.7. The second kappa shape index (κ2) is 13.4. The molecular formula is C26H31ClFN4O7P. The van der Waals surface area contributed by atoms with Crippen molar-refractivity contribution in [1.82, 2.24) is 15.2 Å². The maximum Gasteiger partial charge on any atom is 0.469 e. The van der Waals surface area contributed by atoms with Crippen LogP contribution in [0.4, 0.5) is 19.8 Å². The molecule has 0 unspecified atom stereocenters. The topological polar surface area (TPSA) is 150 Å². The predicted octanol–water partition coefficient (Wildman–Crippen LogP) is 5.31. The Morgan fingerprint density at radius 3 is 2.58 bits per heavy atom. The lowest BCUT2D eigenvalue weighted by Gasteiger charge is -2.34. The van der Waals surface area contributed by atoms with Crippen LogP contribution >= 0.6 is 19.4 Å². The van der Waals surface area contributed by atoms with Gasteiger partial charge in [-0.3, -0.25) is 9.84 Å². The highest BCUT2D eigenvalue weighted by Gasteiger charge is 2.32. The maximum atomic E-state index is 13.8. The fourth-order valence-electron chi connectivity index (χ4n) is 3.87. The number of benzene rings is 2. The molecule has 0 aliphatic rings. The molecule has 1 atom stereocenters. The van der Waals surface area contributed by atoms with Crippen LogP contribution in [0.3, 0.4) is 0 Å². The fourth-order valence-corrected chi connectivity index (χ4v) is 4.58. The summed E-state index contributed by atoms with van der Waals surface area (Å²) < 4.78 is 35.1. The van der Waals surface area contributed by atoms with Gasteiger partial charge in [-0.1, -0.05) is 61.8 Å². The van der Waals surface area contributed by atoms with Crippen LogP contribution in [0, 0.1) is 11.2 Å². The number of hydrogen-bond donors (Lipinski definition) is 4. The third kappa shape index (κ3) is 9.42. The number of phosphoric ester groups is 1. The van der Waals surface area contributed by atoms with E-state index in [1.165, 1.54) is 24.1 Å². The van der Waals surface area contributed by atoms with Crippen LogP contribution in [-0.2, 0) is 20.4 Å². The fraction of sp³-hybridized carbons (Fsp3) is 0.346. The Hall–Kier alpha value is -3.28. The van der Waals surface area contributed by atoms with Crippen molar-refractivity contribution >= 4 is 48.1 Å². The summed E-state index contributed by atoms with van der Waals surface area (Å²) in [5.41, 5.74) is -0.472. The third-order valence-corrected chi connectivity index (χ3v) is 6.90. The number of hydrogen-bond acceptors (Lipinski definition) is 6. The Morgan fingerprint density at radius 2 is 1.88 bits per heavy atom. The minimum Gasteiger partial charge on any atom is -0.447 e. The van der Waals surface area contributed by atoms with Gasteiger partial charge in [0.15, 0.2) is 0 Å². The average molecular weight is 597 g/mol. The zero-order chi connectivity index (χ0) is 29.5. The molecule has 0 spiro atoms. The normalized spacial score (nSPS) is 12.6. The number of nitrogens with zero attached hydrogens (tertiary/aromatic N) is 2. The lowest BCUT2D eigenvalue weighted by molar-refractivity contribution is 0.0697. The van der Waals surface area contributed by atoms with Crippen LogP contribution in [0.1, 0.15) is 25.8 Å². The number of amides is 3. The highest BCUT2D eigenvalue weighted by molar-refractivity contribution is 7.46. The van der Waals surface area contributed by atoms with Crippen molar-refractivity contribution in [3.8, 4) is 0 Å². The van der Waals surface area contributed by atoms with Crippen molar-refractivity contribution in [2.24, 2.45) is 5.41 Å². The number of pyridine rings is 1. The maximum absolute atomic E-state index is 13.8. The summed E-state index contributed by atoms with van der Waals surface area (Å²) in [5, 5.41) is 6.86. The van der Waals surface area contributed by atoms with E-state index < -0.39 is 37.2 Å². The molecule has 0 radical (unpaired) electrons. The number of phosphoric acid groups is 1. The lowest BCUT2D eigenvalue weighted by atomic mass is 9.86. The Kier molecular flexibility index (Phi) is 10.5. The molecular weight excluding hydrogens is 566 g/mol. The van der Waals surface area contributed by atoms with Gasteiger partial charge in [0, 0.05) is 25.2 Å². The van der Waals surface area contributed by atoms with Crippen LogP contribution in [0.25, 0.3) is 10.8 Å². The Bertz CT molecular complexity index is 1400. The van der Waals surface area contributed by atoms with Gasteiger partial charge in [0.1, 0.15) is 18.2 Å². The van der Waals surface area contributed by atoms with Gasteiger partial charge in [-0.25, -0.2) is 23.5 Å². The number of rotatable bonds is 11. The molecule has 3 amide bonds. The first kappa shape index (κ1) is 31.3. The monoisotopic (exact) mass is 596 g/mol. The van der Waals surface area contributed by atoms with Crippen LogP contribution in [0.2, 0.25) is 5.02 Å². The summed E-state index contributed by atoms with van der Waals surface area (Å²) in [6, 6.07) is 12.1. The number of nitrogens with one attached hydrogen (secondary N) is 2. The first-order valence-electron chi connectivity index (χ1n) is 12.2. The smallest absolute Gasteiger partial charge is 0.447 e. The SMILES string of the molecule is CN(C(=O)NCc1cccc(F)c1Cl)[C@H](COC(=O)Nc1cc2ccccc2cn1)CC(C)(C)COP(=O)(O)O. The van der Waals surface area contributed by atoms with Gasteiger partial charge in [0.05, 0.1) is 17.7 Å². The lowest BCUT2D eigenvalue weighted by Crippen LogP contribution is -2.48. The van der Waals surface area contributed by atoms with E-state index >= 15 is 0 Å². The molecule has 0 bridgehead atoms. The average Bonchev–Trinajstić information content (AvgIpc) is 2.89. The summed E-state index contributed by atoms with van der Waals surface area (Å²) in [6.07, 6.45) is 0.941. The zero-order valence-electron chi connectivity index (χ0n) is 22.1. The van der Waals surface area contributed by atoms with Gasteiger partial charge in [-0.05, 0) is 34.9 Å². The molecule has 1 aromatic heterocycles. The molecule has 3 aromatic rings. The third-order valence-electron chi connectivity index (χ3n) is 6.01. The molecule has 2 aromatic carbocycles. The second-order valence-electron chi connectivity index (χ2n) is 9.91. The first-order valence-corrected chi connectivity index (χ1v) is 14.1. The molecule has 0 saturated carbocycles. The molecule has 14 heteroatoms. The van der Waals surface area contributed by atoms with Crippen molar-refractivity contribution in [2.75, 3.05) is 25.6 Å². The highest BCUT2D eigenvalue weighted by atomic mass is 35.5. The predicted molar refractivity (Wildman–Crippen MR) is 148 cm³/mol. The zero-order valence-corrected chi connectivity index (χ0v) is 23.8. The molecule has 0 saturated heterocycles. The Balaban J connectivity index is 1.68. The number of carbonyl (C=O) groups excluding carboxylic acids is 2. The molecule has 3 rings (SSSR count). The van der Waals surface area contributed by atoms with Gasteiger partial charge in [0.2, 0.25) is 0 Å². The number of likely N-dealkylation sites (N-methyl/N-ethyl adjacent to an activating group) is 1. The van der Waals surface area contributed by atoms with E-state index in [1.807, 2.05) is 24.3 Å². The molecule has 0 aliphatic heterocycles. The molecule has 216 valence electrons. The van der Waals surface area contributed by atoms with Crippen LogP contribution in [0.15, 0.2) is 54.7 Å². The largest absolute Gasteiger partial charge is 0.469 e. The summed E-state index contributed by atoms with van der Waals surface area (Å²) in [5.74, 6) is -0.347. The number of fused-ring (bicyclic) bond motifs is 1. The van der Waals surface area contributed by atoms with E-state index in [9.17, 15) is 18.5 Å². The summed E-state index contributed by atoms with van der Waals surface area (Å²) in [7, 11) is -3.26. The summed E-state index contributed by atoms with van der Waals surface area (Å²) >= 11 is 5.97. The van der Waals surface area contributed by atoms with Crippen LogP contribution in [0.5, 0.6) is 0 Å². The van der Waals surface area contributed by atoms with Gasteiger partial charge in [0.25, 0.3) is 0 Å². The van der Waals surface area contributed by atoms with E-state index in [0.29, 0.717) is 5.56 Å². The molecule has 1 heterocycles. The van der Waals surface area contributed by atoms with Crippen molar-refractivity contribution in [3.63, 3.8) is 0 Å². The Labute approximate surface area is 235 Å². The van der Waals surface area contributed by atoms with E-state index in [-0.39, 0.29) is 37.0 Å². The van der Waals surface area contributed by atoms with E-state index in [1.54, 1.807) is 32.2 Å². The van der Waals surface area contributed by atoms with E-state index in [2.05, 4.69) is 20.1 Å². The van der Waals surface area contributed by atoms with Crippen molar-refractivity contribution in [1.29, 1.82) is 0 Å². The van der Waals surface area contributed by atoms with Crippen LogP contribution in [-0.4, -0.2) is 58.1 Å². The van der Waals surface area contributed by atoms with Gasteiger partial charge in [-0.15, -0.1) is 0 Å². The van der Waals surface area contributed by atoms with Gasteiger partial charge < -0.3 is 24.7 Å². The minimum absolute atomic E-state index is 0.0633. The molecule has 40 heavy (non-hydrogen) atoms. The standard InChI is InChI=1S/C26H31ClFN4O7P/c1-26(2,16-39-40(35,36)37)12-20(32(3)24(33)30-14-19-9-6-10-21(28)23(19)27)15-38-25(34)31-22-11-17-7-4-5-8-18(17)13-29-22/h4-11,13,20H,12,14-16H2,1-3H3,(H,30,33)(H,29,31,34)(H2,35,36,37)/t20-/m0/s1. The molecule has 11 nitrogen and oxygen atoms in total. The van der Waals surface area contributed by atoms with Crippen molar-refractivity contribution in [2.45, 2.75) is 32.9 Å². The van der Waals surface area contributed by atoms with Crippen molar-refractivity contribution in [3.05, 3.63) is 71.1 Å². The number of aromatic nitrogens is 1. The summed E-state index contributed by atoms with van der Waals surface area (Å²) in [6.45, 7) is 2.73. The molecule has 4 N–H and O–H groups in total. The second-order valence-corrected chi connectivity index (χ2v) is 11.5. The quantitative estimate of drug-likeness (QED) is 0.217. The summed E-state index contributed by atoms with van der Waals surface area (Å²) in [4.78, 5) is 49.2. The van der Waals surface area contributed by atoms with E-state index in [4.69, 9.17) is 26.1 Å². The minimum atomic E-state index is -4.73. The highest BCUT2D eigenvalue weighted by Crippen LogP contribution is 2.39. The molecule has 0 fully saturated rings.